The molecule has 0 aliphatic heterocycles. The van der Waals surface area contributed by atoms with Gasteiger partial charge in [-0.25, -0.2) is 4.79 Å². The lowest BCUT2D eigenvalue weighted by atomic mass is 10.7. The maximum absolute atomic E-state index is 10.3. The van der Waals surface area contributed by atoms with Gasteiger partial charge >= 0.3 is 5.97 Å². The van der Waals surface area contributed by atoms with Crippen LogP contribution >= 0.6 is 11.6 Å². The quantitative estimate of drug-likeness (QED) is 0.200. The molecule has 0 aromatic heterocycles. The van der Waals surface area contributed by atoms with Gasteiger partial charge in [-0.2, -0.15) is 0 Å². The topological polar surface area (TPSA) is 35.5 Å². The molecular weight excluding hydrogens is 168 g/mol. The normalized spacial score (nSPS) is 8.73. The second-order valence-corrected chi connectivity index (χ2v) is 1.96. The number of ether oxygens (including phenoxy) is 2. The number of carbonyl (C=O) groups excluding carboxylic acids is 1. The fraction of sp³-hybridized carbons (Fsp3) is 0.571. The standard InChI is InChI=1S/C7H9ClO3/c1-2-7(9)11-6-5-10-4-3-8/h1H,3-6H2. The zero-order valence-corrected chi connectivity index (χ0v) is 6.76. The first-order chi connectivity index (χ1) is 5.31. The molecule has 0 spiro atoms. The third-order valence-electron chi connectivity index (χ3n) is 0.800. The average Bonchev–Trinajstić information content (AvgIpc) is 2.04. The molecule has 0 saturated heterocycles. The molecule has 0 bridgehead atoms. The first-order valence-electron chi connectivity index (χ1n) is 3.08. The fourth-order valence-corrected chi connectivity index (χ4v) is 0.501. The Hall–Kier alpha value is -0.720. The molecular formula is C7H9ClO3. The maximum Gasteiger partial charge on any atom is 0.384 e. The Bertz CT molecular complexity index is 150. The van der Waals surface area contributed by atoms with Crippen LogP contribution in [0.5, 0.6) is 0 Å². The molecule has 0 N–H and O–H groups in total. The molecule has 0 heterocycles. The van der Waals surface area contributed by atoms with Crippen LogP contribution in [-0.4, -0.2) is 31.7 Å². The minimum absolute atomic E-state index is 0.180. The maximum atomic E-state index is 10.3. The van der Waals surface area contributed by atoms with Crippen molar-refractivity contribution in [3.05, 3.63) is 0 Å². The van der Waals surface area contributed by atoms with E-state index < -0.39 is 5.97 Å². The number of terminal acetylenes is 1. The summed E-state index contributed by atoms with van der Waals surface area (Å²) in [5.74, 6) is 1.58. The second kappa shape index (κ2) is 7.39. The van der Waals surface area contributed by atoms with E-state index in [9.17, 15) is 4.79 Å². The molecule has 4 heteroatoms. The molecule has 0 aliphatic carbocycles. The monoisotopic (exact) mass is 176 g/mol. The van der Waals surface area contributed by atoms with Crippen molar-refractivity contribution in [2.45, 2.75) is 0 Å². The minimum atomic E-state index is -0.667. The van der Waals surface area contributed by atoms with Crippen LogP contribution < -0.4 is 0 Å². The first kappa shape index (κ1) is 10.3. The number of alkyl halides is 1. The molecule has 0 unspecified atom stereocenters. The largest absolute Gasteiger partial charge is 0.454 e. The van der Waals surface area contributed by atoms with Gasteiger partial charge in [-0.1, -0.05) is 0 Å². The van der Waals surface area contributed by atoms with Crippen LogP contribution in [0.4, 0.5) is 0 Å². The first-order valence-corrected chi connectivity index (χ1v) is 3.61. The summed E-state index contributed by atoms with van der Waals surface area (Å²) in [6.07, 6.45) is 4.73. The van der Waals surface area contributed by atoms with Crippen molar-refractivity contribution in [3.8, 4) is 12.3 Å². The molecule has 0 amide bonds. The summed E-state index contributed by atoms with van der Waals surface area (Å²) in [5.41, 5.74) is 0. The summed E-state index contributed by atoms with van der Waals surface area (Å²) in [6, 6.07) is 0. The molecule has 0 rings (SSSR count). The highest BCUT2D eigenvalue weighted by molar-refractivity contribution is 6.17. The lowest BCUT2D eigenvalue weighted by molar-refractivity contribution is -0.138. The van der Waals surface area contributed by atoms with Gasteiger partial charge in [0.15, 0.2) is 0 Å². The summed E-state index contributed by atoms with van der Waals surface area (Å²) in [5, 5.41) is 0. The van der Waals surface area contributed by atoms with Gasteiger partial charge in [0.2, 0.25) is 0 Å². The predicted octanol–water partition coefficient (Wildman–Crippen LogP) is 0.418. The molecule has 0 saturated carbocycles. The Kier molecular flexibility index (Phi) is 6.90. The Morgan fingerprint density at radius 2 is 2.18 bits per heavy atom. The highest BCUT2D eigenvalue weighted by Gasteiger charge is 1.94. The molecule has 62 valence electrons. The van der Waals surface area contributed by atoms with Gasteiger partial charge in [0, 0.05) is 11.8 Å². The summed E-state index contributed by atoms with van der Waals surface area (Å²) < 4.78 is 9.39. The van der Waals surface area contributed by atoms with Crippen molar-refractivity contribution in [3.63, 3.8) is 0 Å². The van der Waals surface area contributed by atoms with Crippen molar-refractivity contribution in [2.75, 3.05) is 25.7 Å². The average molecular weight is 177 g/mol. The molecule has 0 aromatic rings. The third-order valence-corrected chi connectivity index (χ3v) is 0.954. The Labute approximate surface area is 70.6 Å². The molecule has 11 heavy (non-hydrogen) atoms. The van der Waals surface area contributed by atoms with E-state index in [1.165, 1.54) is 0 Å². The summed E-state index contributed by atoms with van der Waals surface area (Å²) in [4.78, 5) is 10.3. The van der Waals surface area contributed by atoms with Crippen molar-refractivity contribution in [2.24, 2.45) is 0 Å². The molecule has 0 radical (unpaired) electrons. The van der Waals surface area contributed by atoms with Crippen LogP contribution in [0.3, 0.4) is 0 Å². The third kappa shape index (κ3) is 7.17. The lowest BCUT2D eigenvalue weighted by Crippen LogP contribution is -2.09. The van der Waals surface area contributed by atoms with Crippen LogP contribution in [0, 0.1) is 12.3 Å². The van der Waals surface area contributed by atoms with E-state index in [2.05, 4.69) is 4.74 Å². The van der Waals surface area contributed by atoms with Gasteiger partial charge in [-0.05, 0) is 0 Å². The zero-order valence-electron chi connectivity index (χ0n) is 6.01. The number of hydrogen-bond acceptors (Lipinski definition) is 3. The predicted molar refractivity (Wildman–Crippen MR) is 41.3 cm³/mol. The molecule has 0 atom stereocenters. The minimum Gasteiger partial charge on any atom is -0.454 e. The van der Waals surface area contributed by atoms with Crippen molar-refractivity contribution < 1.29 is 14.3 Å². The Morgan fingerprint density at radius 1 is 1.45 bits per heavy atom. The van der Waals surface area contributed by atoms with Gasteiger partial charge in [0.25, 0.3) is 0 Å². The van der Waals surface area contributed by atoms with E-state index in [1.807, 2.05) is 5.92 Å². The summed E-state index contributed by atoms with van der Waals surface area (Å²) >= 11 is 5.31. The highest BCUT2D eigenvalue weighted by atomic mass is 35.5. The summed E-state index contributed by atoms with van der Waals surface area (Å²) in [6.45, 7) is 0.967. The zero-order chi connectivity index (χ0) is 8.53. The Balaban J connectivity index is 3.03. The van der Waals surface area contributed by atoms with E-state index in [-0.39, 0.29) is 6.61 Å². The van der Waals surface area contributed by atoms with E-state index in [1.54, 1.807) is 0 Å². The number of halogens is 1. The van der Waals surface area contributed by atoms with Gasteiger partial charge in [0.05, 0.1) is 13.2 Å². The van der Waals surface area contributed by atoms with Crippen LogP contribution in [-0.2, 0) is 14.3 Å². The SMILES string of the molecule is C#CC(=O)OCCOCCCl. The second-order valence-electron chi connectivity index (χ2n) is 1.58. The van der Waals surface area contributed by atoms with Crippen molar-refractivity contribution in [1.29, 1.82) is 0 Å². The number of rotatable bonds is 5. The fourth-order valence-electron chi connectivity index (χ4n) is 0.392. The number of carbonyl (C=O) groups is 1. The molecule has 3 nitrogen and oxygen atoms in total. The Morgan fingerprint density at radius 3 is 2.73 bits per heavy atom. The van der Waals surface area contributed by atoms with Crippen molar-refractivity contribution >= 4 is 17.6 Å². The van der Waals surface area contributed by atoms with Crippen LogP contribution in [0.15, 0.2) is 0 Å². The van der Waals surface area contributed by atoms with E-state index in [0.717, 1.165) is 0 Å². The smallest absolute Gasteiger partial charge is 0.384 e. The van der Waals surface area contributed by atoms with Gasteiger partial charge in [-0.15, -0.1) is 18.0 Å². The van der Waals surface area contributed by atoms with Crippen LogP contribution in [0.2, 0.25) is 0 Å². The molecule has 0 fully saturated rings. The lowest BCUT2D eigenvalue weighted by Gasteiger charge is -2.00. The number of hydrogen-bond donors (Lipinski definition) is 0. The van der Waals surface area contributed by atoms with Gasteiger partial charge in [-0.3, -0.25) is 0 Å². The van der Waals surface area contributed by atoms with Crippen LogP contribution in [0.25, 0.3) is 0 Å². The van der Waals surface area contributed by atoms with Gasteiger partial charge in [0.1, 0.15) is 6.61 Å². The summed E-state index contributed by atoms with van der Waals surface area (Å²) in [7, 11) is 0. The molecule has 0 aromatic carbocycles. The van der Waals surface area contributed by atoms with Crippen LogP contribution in [0.1, 0.15) is 0 Å². The number of esters is 1. The molecule has 0 aliphatic rings. The highest BCUT2D eigenvalue weighted by Crippen LogP contribution is 1.81. The van der Waals surface area contributed by atoms with E-state index in [4.69, 9.17) is 22.8 Å². The van der Waals surface area contributed by atoms with Crippen molar-refractivity contribution in [1.82, 2.24) is 0 Å². The van der Waals surface area contributed by atoms with E-state index in [0.29, 0.717) is 19.1 Å². The van der Waals surface area contributed by atoms with Gasteiger partial charge < -0.3 is 9.47 Å². The van der Waals surface area contributed by atoms with E-state index >= 15 is 0 Å².